The molecule has 0 aromatic carbocycles. The Hall–Kier alpha value is 0.0300. The van der Waals surface area contributed by atoms with Crippen molar-refractivity contribution < 1.29 is 45.7 Å². The molecular weight excluding hydrogens is 213 g/mol. The molecule has 72 valence electrons. The molecule has 0 aromatic rings. The van der Waals surface area contributed by atoms with Crippen molar-refractivity contribution in [3.63, 3.8) is 0 Å². The molecule has 0 spiro atoms. The molecule has 14 heavy (non-hydrogen) atoms. The number of carbonyl (C=O) groups is 2. The summed E-state index contributed by atoms with van der Waals surface area (Å²) in [6.45, 7) is 3.57. The van der Waals surface area contributed by atoms with Crippen molar-refractivity contribution in [3.8, 4) is 0 Å². The van der Waals surface area contributed by atoms with Crippen LogP contribution in [0, 0.1) is 5.92 Å². The Labute approximate surface area is 109 Å². The molecule has 2 aliphatic heterocycles. The summed E-state index contributed by atoms with van der Waals surface area (Å²) in [6.07, 6.45) is 0. The quantitative estimate of drug-likeness (QED) is 0.411. The van der Waals surface area contributed by atoms with Crippen molar-refractivity contribution in [1.29, 1.82) is 0 Å². The number of nitrogens with zero attached hydrogens (tertiary/aromatic N) is 1. The maximum Gasteiger partial charge on any atom is 1.00 e. The topological polar surface area (TPSA) is 57.6 Å². The number of carbonyl (C=O) groups excluding carboxylic acids is 1. The van der Waals surface area contributed by atoms with Gasteiger partial charge in [0.2, 0.25) is 5.91 Å². The fourth-order valence-corrected chi connectivity index (χ4v) is 2.96. The molecule has 1 unspecified atom stereocenters. The first-order valence-corrected chi connectivity index (χ1v) is 4.86. The second-order valence-corrected chi connectivity index (χ2v) is 4.55. The van der Waals surface area contributed by atoms with Crippen LogP contribution in [0.3, 0.4) is 0 Å². The maximum absolute atomic E-state index is 11.3. The third-order valence-corrected chi connectivity index (χ3v) is 3.79. The van der Waals surface area contributed by atoms with Crippen molar-refractivity contribution in [2.24, 2.45) is 5.92 Å². The number of rotatable bonds is 1. The van der Waals surface area contributed by atoms with Gasteiger partial charge in [-0.1, -0.05) is 6.92 Å². The first-order chi connectivity index (χ1) is 6.04. The van der Waals surface area contributed by atoms with Crippen LogP contribution in [0.5, 0.6) is 0 Å². The number of carboxylic acids is 1. The van der Waals surface area contributed by atoms with Crippen molar-refractivity contribution in [3.05, 3.63) is 10.6 Å². The SMILES string of the molecule is CC1=C(C(=O)O)N2C(=O)C(C)[C@H]2S1.[H-].[Na+]. The minimum absolute atomic E-state index is 0. The van der Waals surface area contributed by atoms with E-state index in [1.54, 1.807) is 6.92 Å². The van der Waals surface area contributed by atoms with E-state index in [0.717, 1.165) is 4.91 Å². The van der Waals surface area contributed by atoms with Gasteiger partial charge in [-0.05, 0) is 6.92 Å². The van der Waals surface area contributed by atoms with E-state index in [-0.39, 0.29) is 53.9 Å². The van der Waals surface area contributed by atoms with Crippen LogP contribution in [0.15, 0.2) is 10.6 Å². The Morgan fingerprint density at radius 2 is 2.21 bits per heavy atom. The molecule has 0 aliphatic carbocycles. The number of hydrogen-bond acceptors (Lipinski definition) is 3. The molecule has 1 fully saturated rings. The third-order valence-electron chi connectivity index (χ3n) is 2.38. The molecule has 2 atom stereocenters. The van der Waals surface area contributed by atoms with Gasteiger partial charge in [0.1, 0.15) is 5.70 Å². The molecule has 1 amide bonds. The van der Waals surface area contributed by atoms with E-state index in [9.17, 15) is 9.59 Å². The van der Waals surface area contributed by atoms with Crippen LogP contribution in [0.2, 0.25) is 0 Å². The second-order valence-electron chi connectivity index (χ2n) is 3.22. The Morgan fingerprint density at radius 1 is 1.64 bits per heavy atom. The Bertz CT molecular complexity index is 347. The van der Waals surface area contributed by atoms with E-state index >= 15 is 0 Å². The van der Waals surface area contributed by atoms with Crippen molar-refractivity contribution >= 4 is 23.6 Å². The van der Waals surface area contributed by atoms with E-state index in [1.807, 2.05) is 6.92 Å². The Morgan fingerprint density at radius 3 is 2.71 bits per heavy atom. The van der Waals surface area contributed by atoms with Crippen LogP contribution < -0.4 is 29.6 Å². The van der Waals surface area contributed by atoms with Gasteiger partial charge in [0.15, 0.2) is 0 Å². The van der Waals surface area contributed by atoms with Crippen LogP contribution in [-0.4, -0.2) is 27.3 Å². The van der Waals surface area contributed by atoms with Gasteiger partial charge in [0.05, 0.1) is 11.3 Å². The summed E-state index contributed by atoms with van der Waals surface area (Å²) in [4.78, 5) is 24.2. The zero-order chi connectivity index (χ0) is 9.75. The molecule has 2 heterocycles. The van der Waals surface area contributed by atoms with Gasteiger partial charge in [0, 0.05) is 4.91 Å². The largest absolute Gasteiger partial charge is 1.00 e. The number of hydrogen-bond donors (Lipinski definition) is 1. The number of thioether (sulfide) groups is 1. The van der Waals surface area contributed by atoms with Gasteiger partial charge < -0.3 is 6.53 Å². The zero-order valence-corrected chi connectivity index (χ0v) is 11.1. The summed E-state index contributed by atoms with van der Waals surface area (Å²) in [6, 6.07) is 0. The predicted molar refractivity (Wildman–Crippen MR) is 48.8 cm³/mol. The minimum atomic E-state index is -1.01. The monoisotopic (exact) mass is 223 g/mol. The number of aliphatic carboxylic acids is 1. The van der Waals surface area contributed by atoms with Crippen LogP contribution in [-0.2, 0) is 9.59 Å². The fourth-order valence-electron chi connectivity index (χ4n) is 1.66. The summed E-state index contributed by atoms with van der Waals surface area (Å²) in [5.41, 5.74) is 0.165. The minimum Gasteiger partial charge on any atom is -1.00 e. The summed E-state index contributed by atoms with van der Waals surface area (Å²) in [7, 11) is 0. The zero-order valence-electron chi connectivity index (χ0n) is 9.27. The van der Waals surface area contributed by atoms with Crippen molar-refractivity contribution in [2.45, 2.75) is 19.2 Å². The van der Waals surface area contributed by atoms with Gasteiger partial charge in [-0.3, -0.25) is 9.69 Å². The normalized spacial score (nSPS) is 29.6. The fraction of sp³-hybridized carbons (Fsp3) is 0.500. The molecule has 0 saturated carbocycles. The van der Waals surface area contributed by atoms with Gasteiger partial charge in [-0.2, -0.15) is 0 Å². The van der Waals surface area contributed by atoms with Crippen LogP contribution >= 0.6 is 11.8 Å². The van der Waals surface area contributed by atoms with Gasteiger partial charge >= 0.3 is 35.5 Å². The van der Waals surface area contributed by atoms with Crippen LogP contribution in [0.25, 0.3) is 0 Å². The summed E-state index contributed by atoms with van der Waals surface area (Å²) in [5.74, 6) is -1.13. The molecule has 4 nitrogen and oxygen atoms in total. The number of amides is 1. The van der Waals surface area contributed by atoms with E-state index in [1.165, 1.54) is 16.7 Å². The van der Waals surface area contributed by atoms with Crippen LogP contribution in [0.1, 0.15) is 15.3 Å². The van der Waals surface area contributed by atoms with E-state index in [0.29, 0.717) is 0 Å². The number of allylic oxidation sites excluding steroid dienone is 1. The second kappa shape index (κ2) is 3.89. The molecular formula is C8H10NNaO3S. The van der Waals surface area contributed by atoms with E-state index in [4.69, 9.17) is 5.11 Å². The van der Waals surface area contributed by atoms with Crippen molar-refractivity contribution in [1.82, 2.24) is 4.90 Å². The molecule has 2 rings (SSSR count). The van der Waals surface area contributed by atoms with Gasteiger partial charge in [0.25, 0.3) is 0 Å². The summed E-state index contributed by atoms with van der Waals surface area (Å²) >= 11 is 1.47. The molecule has 1 saturated heterocycles. The summed E-state index contributed by atoms with van der Waals surface area (Å²) < 4.78 is 0. The van der Waals surface area contributed by atoms with Gasteiger partial charge in [-0.15, -0.1) is 11.8 Å². The smallest absolute Gasteiger partial charge is 1.00 e. The standard InChI is InChI=1S/C8H9NO3S.Na.H/c1-3-6(10)9-5(8(11)12)4(2)13-7(3)9;;/h3,7H,1-2H3,(H,11,12);;/q;+1;-1/t3?,7-;;/m1../s1. The average molecular weight is 223 g/mol. The predicted octanol–water partition coefficient (Wildman–Crippen LogP) is -2.03. The van der Waals surface area contributed by atoms with Gasteiger partial charge in [-0.25, -0.2) is 4.79 Å². The number of β-lactam (4-membered cyclic amide) rings is 1. The molecule has 0 aromatic heterocycles. The first kappa shape index (κ1) is 12.1. The van der Waals surface area contributed by atoms with E-state index in [2.05, 4.69) is 0 Å². The Balaban J connectivity index is 0.000000980. The summed E-state index contributed by atoms with van der Waals surface area (Å²) in [5, 5.41) is 8.87. The van der Waals surface area contributed by atoms with Crippen LogP contribution in [0.4, 0.5) is 0 Å². The number of carboxylic acid groups (broad SMARTS) is 1. The first-order valence-electron chi connectivity index (χ1n) is 3.98. The molecule has 0 radical (unpaired) electrons. The maximum atomic E-state index is 11.3. The van der Waals surface area contributed by atoms with Crippen molar-refractivity contribution in [2.75, 3.05) is 0 Å². The third kappa shape index (κ3) is 1.43. The molecule has 1 N–H and O–H groups in total. The molecule has 2 aliphatic rings. The average Bonchev–Trinajstić information content (AvgIpc) is 2.39. The Kier molecular flexibility index (Phi) is 3.36. The molecule has 0 bridgehead atoms. The molecule has 6 heteroatoms. The van der Waals surface area contributed by atoms with E-state index < -0.39 is 5.97 Å². The number of fused-ring (bicyclic) bond motifs is 1.